The highest BCUT2D eigenvalue weighted by atomic mass is 35.5. The fourth-order valence-electron chi connectivity index (χ4n) is 6.89. The van der Waals surface area contributed by atoms with Gasteiger partial charge in [0.2, 0.25) is 17.7 Å². The maximum absolute atomic E-state index is 14.0. The summed E-state index contributed by atoms with van der Waals surface area (Å²) in [6.07, 6.45) is 10.0. The summed E-state index contributed by atoms with van der Waals surface area (Å²) in [7, 11) is 0. The molecule has 6 atom stereocenters. The van der Waals surface area contributed by atoms with Crippen LogP contribution in [0.1, 0.15) is 50.5 Å². The molecule has 8 nitrogen and oxygen atoms in total. The average molecular weight is 528 g/mol. The number of aryl methyl sites for hydroxylation is 1. The van der Waals surface area contributed by atoms with Crippen LogP contribution in [0.4, 0.5) is 5.69 Å². The number of ether oxygens (including phenoxy) is 2. The molecule has 9 heteroatoms. The predicted octanol–water partition coefficient (Wildman–Crippen LogP) is 3.37. The smallest absolute Gasteiger partial charge is 0.246 e. The van der Waals surface area contributed by atoms with Crippen molar-refractivity contribution in [3.63, 3.8) is 0 Å². The number of hydrogen-bond acceptors (Lipinski definition) is 5. The molecule has 5 aliphatic rings. The number of rotatable bonds is 6. The topological polar surface area (TPSA) is 97.0 Å². The van der Waals surface area contributed by atoms with Crippen molar-refractivity contribution >= 4 is 35.0 Å². The molecule has 198 valence electrons. The Morgan fingerprint density at radius 3 is 2.68 bits per heavy atom. The van der Waals surface area contributed by atoms with E-state index in [4.69, 9.17) is 21.1 Å². The summed E-state index contributed by atoms with van der Waals surface area (Å²) in [6, 6.07) is 4.61. The Labute approximate surface area is 222 Å². The highest BCUT2D eigenvalue weighted by Gasteiger charge is 2.73. The van der Waals surface area contributed by atoms with E-state index in [0.717, 1.165) is 44.1 Å². The molecule has 3 saturated heterocycles. The summed E-state index contributed by atoms with van der Waals surface area (Å²) >= 11 is 6.26. The first-order chi connectivity index (χ1) is 17.9. The molecule has 4 fully saturated rings. The van der Waals surface area contributed by atoms with Crippen molar-refractivity contribution in [1.29, 1.82) is 0 Å². The quantitative estimate of drug-likeness (QED) is 0.553. The lowest BCUT2D eigenvalue weighted by Gasteiger charge is -2.34. The monoisotopic (exact) mass is 527 g/mol. The number of carbonyl (C=O) groups excluding carboxylic acids is 3. The number of benzene rings is 1. The highest BCUT2D eigenvalue weighted by Crippen LogP contribution is 2.55. The number of fused-ring (bicyclic) bond motifs is 1. The van der Waals surface area contributed by atoms with Gasteiger partial charge < -0.3 is 25.0 Å². The molecule has 2 N–H and O–H groups in total. The van der Waals surface area contributed by atoms with E-state index >= 15 is 0 Å². The van der Waals surface area contributed by atoms with Crippen molar-refractivity contribution in [2.24, 2.45) is 11.8 Å². The minimum atomic E-state index is -1.16. The first kappa shape index (κ1) is 24.9. The van der Waals surface area contributed by atoms with Gasteiger partial charge in [0, 0.05) is 29.9 Å². The lowest BCUT2D eigenvalue weighted by atomic mass is 9.74. The number of anilines is 1. The molecule has 6 rings (SSSR count). The zero-order valence-corrected chi connectivity index (χ0v) is 21.8. The average Bonchev–Trinajstić information content (AvgIpc) is 3.65. The van der Waals surface area contributed by atoms with Gasteiger partial charge in [0.05, 0.1) is 24.0 Å². The van der Waals surface area contributed by atoms with E-state index < -0.39 is 29.6 Å². The third-order valence-corrected chi connectivity index (χ3v) is 9.15. The van der Waals surface area contributed by atoms with Crippen molar-refractivity contribution in [2.45, 2.75) is 81.8 Å². The van der Waals surface area contributed by atoms with Crippen LogP contribution in [-0.4, -0.2) is 65.7 Å². The molecular formula is C28H34ClN3O5. The van der Waals surface area contributed by atoms with Gasteiger partial charge in [0.1, 0.15) is 11.6 Å². The lowest BCUT2D eigenvalue weighted by Crippen LogP contribution is -2.57. The predicted molar refractivity (Wildman–Crippen MR) is 138 cm³/mol. The van der Waals surface area contributed by atoms with E-state index in [2.05, 4.69) is 10.6 Å². The number of likely N-dealkylation sites (tertiary alicyclic amines) is 1. The molecule has 4 aliphatic heterocycles. The molecule has 0 radical (unpaired) electrons. The number of hydrogen-bond donors (Lipinski definition) is 2. The Morgan fingerprint density at radius 1 is 1.14 bits per heavy atom. The first-order valence-electron chi connectivity index (χ1n) is 13.5. The van der Waals surface area contributed by atoms with Gasteiger partial charge >= 0.3 is 0 Å². The summed E-state index contributed by atoms with van der Waals surface area (Å²) < 4.78 is 12.3. The van der Waals surface area contributed by atoms with E-state index in [1.807, 2.05) is 25.1 Å². The van der Waals surface area contributed by atoms with Crippen molar-refractivity contribution in [2.75, 3.05) is 18.5 Å². The molecule has 37 heavy (non-hydrogen) atoms. The van der Waals surface area contributed by atoms with Crippen molar-refractivity contribution in [3.05, 3.63) is 40.9 Å². The van der Waals surface area contributed by atoms with E-state index in [9.17, 15) is 14.4 Å². The van der Waals surface area contributed by atoms with Crippen LogP contribution in [0.5, 0.6) is 0 Å². The Hall–Kier alpha value is -2.42. The number of carbonyl (C=O) groups is 3. The molecule has 4 heterocycles. The number of nitrogens with zero attached hydrogens (tertiary/aromatic N) is 1. The Balaban J connectivity index is 1.29. The van der Waals surface area contributed by atoms with Crippen molar-refractivity contribution in [1.82, 2.24) is 10.2 Å². The van der Waals surface area contributed by atoms with Crippen LogP contribution in [0.3, 0.4) is 0 Å². The van der Waals surface area contributed by atoms with E-state index in [1.54, 1.807) is 17.0 Å². The fourth-order valence-corrected chi connectivity index (χ4v) is 7.08. The Bertz CT molecular complexity index is 1130. The summed E-state index contributed by atoms with van der Waals surface area (Å²) in [4.78, 5) is 43.0. The second kappa shape index (κ2) is 9.71. The minimum absolute atomic E-state index is 0.101. The van der Waals surface area contributed by atoms with Gasteiger partial charge in [-0.3, -0.25) is 14.4 Å². The van der Waals surface area contributed by atoms with Crippen LogP contribution < -0.4 is 10.6 Å². The molecule has 1 aliphatic carbocycles. The Morgan fingerprint density at radius 2 is 1.95 bits per heavy atom. The summed E-state index contributed by atoms with van der Waals surface area (Å²) in [5.41, 5.74) is 0.313. The first-order valence-corrected chi connectivity index (χ1v) is 13.9. The SMILES string of the molecule is Cc1ccc(NC(=O)[C@H]2[C@H]3C=C[C@]4(O3)[C@H](C(=O)NC3CCCCC3)N(C[C@@H]3CCCO3)C(=O)[C@@H]24)cc1Cl. The van der Waals surface area contributed by atoms with Gasteiger partial charge in [-0.2, -0.15) is 0 Å². The highest BCUT2D eigenvalue weighted by molar-refractivity contribution is 6.31. The van der Waals surface area contributed by atoms with Crippen molar-refractivity contribution in [3.8, 4) is 0 Å². The van der Waals surface area contributed by atoms with Crippen molar-refractivity contribution < 1.29 is 23.9 Å². The van der Waals surface area contributed by atoms with E-state index in [-0.39, 0.29) is 29.9 Å². The molecule has 0 unspecified atom stereocenters. The molecule has 1 aromatic carbocycles. The zero-order valence-electron chi connectivity index (χ0n) is 21.1. The molecule has 1 aromatic rings. The summed E-state index contributed by atoms with van der Waals surface area (Å²) in [6.45, 7) is 2.87. The molecule has 2 bridgehead atoms. The molecular weight excluding hydrogens is 494 g/mol. The minimum Gasteiger partial charge on any atom is -0.376 e. The maximum atomic E-state index is 14.0. The lowest BCUT2D eigenvalue weighted by molar-refractivity contribution is -0.143. The largest absolute Gasteiger partial charge is 0.376 e. The van der Waals surface area contributed by atoms with E-state index in [1.165, 1.54) is 6.42 Å². The van der Waals surface area contributed by atoms with Crippen LogP contribution in [-0.2, 0) is 23.9 Å². The third-order valence-electron chi connectivity index (χ3n) is 8.74. The normalized spacial score (nSPS) is 34.7. The molecule has 3 amide bonds. The van der Waals surface area contributed by atoms with Crippen LogP contribution in [0.25, 0.3) is 0 Å². The zero-order chi connectivity index (χ0) is 25.7. The molecule has 1 spiro atoms. The number of nitrogens with one attached hydrogen (secondary N) is 2. The molecule has 1 saturated carbocycles. The van der Waals surface area contributed by atoms with Gasteiger partial charge in [-0.1, -0.05) is 49.1 Å². The number of amides is 3. The van der Waals surface area contributed by atoms with Gasteiger partial charge in [0.25, 0.3) is 0 Å². The third kappa shape index (κ3) is 4.27. The van der Waals surface area contributed by atoms with Gasteiger partial charge in [-0.05, 0) is 50.3 Å². The second-order valence-corrected chi connectivity index (χ2v) is 11.5. The maximum Gasteiger partial charge on any atom is 0.246 e. The summed E-state index contributed by atoms with van der Waals surface area (Å²) in [5.74, 6) is -2.23. The second-order valence-electron chi connectivity index (χ2n) is 11.1. The van der Waals surface area contributed by atoms with Gasteiger partial charge in [-0.25, -0.2) is 0 Å². The van der Waals surface area contributed by atoms with Gasteiger partial charge in [-0.15, -0.1) is 0 Å². The van der Waals surface area contributed by atoms with Crippen LogP contribution in [0, 0.1) is 18.8 Å². The fraction of sp³-hybridized carbons (Fsp3) is 0.607. The van der Waals surface area contributed by atoms with Crippen LogP contribution >= 0.6 is 11.6 Å². The summed E-state index contributed by atoms with van der Waals surface area (Å²) in [5, 5.41) is 6.70. The standard InChI is InChI=1S/C28H34ClN3O5/c1-16-9-10-18(14-20(16)29)31-25(33)22-21-11-12-28(37-21)23(22)27(35)32(15-19-8-5-13-36-19)24(28)26(34)30-17-6-3-2-4-7-17/h9-12,14,17,19,21-24H,2-8,13,15H2,1H3,(H,30,34)(H,31,33)/t19-,21+,22-,23+,24-,28+/m0/s1. The molecule has 0 aromatic heterocycles. The van der Waals surface area contributed by atoms with Crippen LogP contribution in [0.2, 0.25) is 5.02 Å². The van der Waals surface area contributed by atoms with Crippen LogP contribution in [0.15, 0.2) is 30.4 Å². The number of halogens is 1. The Kier molecular flexibility index (Phi) is 6.53. The van der Waals surface area contributed by atoms with E-state index in [0.29, 0.717) is 23.9 Å². The van der Waals surface area contributed by atoms with Gasteiger partial charge in [0.15, 0.2) is 0 Å².